The molecule has 1 saturated heterocycles. The van der Waals surface area contributed by atoms with Gasteiger partial charge in [0.15, 0.2) is 5.96 Å². The lowest BCUT2D eigenvalue weighted by atomic mass is 10.0. The van der Waals surface area contributed by atoms with E-state index in [1.54, 1.807) is 0 Å². The molecule has 1 fully saturated rings. The number of hydrogen-bond acceptors (Lipinski definition) is 3. The highest BCUT2D eigenvalue weighted by Crippen LogP contribution is 2.14. The van der Waals surface area contributed by atoms with Gasteiger partial charge in [-0.3, -0.25) is 9.89 Å². The predicted octanol–water partition coefficient (Wildman–Crippen LogP) is 4.17. The highest BCUT2D eigenvalue weighted by atomic mass is 127. The normalized spacial score (nSPS) is 15.5. The maximum atomic E-state index is 5.59. The molecule has 0 radical (unpaired) electrons. The Morgan fingerprint density at radius 1 is 1.03 bits per heavy atom. The molecule has 0 unspecified atom stereocenters. The van der Waals surface area contributed by atoms with Crippen molar-refractivity contribution in [2.45, 2.75) is 45.5 Å². The number of guanidine groups is 1. The molecule has 0 bridgehead atoms. The zero-order chi connectivity index (χ0) is 20.3. The summed E-state index contributed by atoms with van der Waals surface area (Å²) in [5.41, 5.74) is 3.87. The second-order valence-corrected chi connectivity index (χ2v) is 7.51. The van der Waals surface area contributed by atoms with Crippen LogP contribution in [-0.4, -0.2) is 43.6 Å². The summed E-state index contributed by atoms with van der Waals surface area (Å²) in [5, 5.41) is 7.07. The number of piperidine rings is 1. The van der Waals surface area contributed by atoms with Gasteiger partial charge in [-0.15, -0.1) is 24.0 Å². The van der Waals surface area contributed by atoms with E-state index in [0.29, 0.717) is 12.6 Å². The fourth-order valence-electron chi connectivity index (χ4n) is 3.73. The second-order valence-electron chi connectivity index (χ2n) is 7.51. The number of nitrogens with one attached hydrogen (secondary N) is 2. The van der Waals surface area contributed by atoms with Gasteiger partial charge in [0.1, 0.15) is 0 Å². The number of rotatable bonds is 8. The lowest BCUT2D eigenvalue weighted by molar-refractivity contribution is 0.133. The summed E-state index contributed by atoms with van der Waals surface area (Å²) >= 11 is 0. The van der Waals surface area contributed by atoms with E-state index in [1.165, 1.54) is 16.7 Å². The first-order chi connectivity index (χ1) is 14.3. The molecule has 0 atom stereocenters. The topological polar surface area (TPSA) is 48.9 Å². The van der Waals surface area contributed by atoms with Crippen LogP contribution in [-0.2, 0) is 24.4 Å². The molecule has 0 aliphatic carbocycles. The van der Waals surface area contributed by atoms with Crippen LogP contribution in [0.5, 0.6) is 0 Å². The van der Waals surface area contributed by atoms with Crippen LogP contribution in [0.15, 0.2) is 59.6 Å². The molecule has 2 aromatic carbocycles. The Morgan fingerprint density at radius 2 is 1.70 bits per heavy atom. The Bertz CT molecular complexity index is 761. The fourth-order valence-corrected chi connectivity index (χ4v) is 3.73. The molecule has 164 valence electrons. The van der Waals surface area contributed by atoms with E-state index in [1.807, 2.05) is 14.0 Å². The summed E-state index contributed by atoms with van der Waals surface area (Å²) < 4.78 is 5.59. The largest absolute Gasteiger partial charge is 0.377 e. The molecular weight excluding hydrogens is 487 g/mol. The molecule has 0 saturated carbocycles. The van der Waals surface area contributed by atoms with Crippen molar-refractivity contribution in [3.8, 4) is 0 Å². The Labute approximate surface area is 198 Å². The van der Waals surface area contributed by atoms with Crippen molar-refractivity contribution in [1.82, 2.24) is 15.5 Å². The zero-order valence-corrected chi connectivity index (χ0v) is 20.5. The minimum atomic E-state index is 0. The van der Waals surface area contributed by atoms with Gasteiger partial charge in [0.05, 0.1) is 6.61 Å². The Morgan fingerprint density at radius 3 is 2.37 bits per heavy atom. The molecule has 1 aliphatic rings. The van der Waals surface area contributed by atoms with Crippen LogP contribution in [0.1, 0.15) is 36.5 Å². The first-order valence-corrected chi connectivity index (χ1v) is 10.7. The summed E-state index contributed by atoms with van der Waals surface area (Å²) in [6, 6.07) is 19.6. The minimum Gasteiger partial charge on any atom is -0.377 e. The highest BCUT2D eigenvalue weighted by molar-refractivity contribution is 14.0. The van der Waals surface area contributed by atoms with E-state index in [-0.39, 0.29) is 24.0 Å². The SMILES string of the molecule is CCOCc1ccccc1CNC(=NC)NC1CCN(Cc2ccccc2)CC1.I. The first kappa shape index (κ1) is 24.6. The Kier molecular flexibility index (Phi) is 11.2. The third-order valence-electron chi connectivity index (χ3n) is 5.43. The molecule has 2 N–H and O–H groups in total. The zero-order valence-electron chi connectivity index (χ0n) is 18.1. The summed E-state index contributed by atoms with van der Waals surface area (Å²) in [7, 11) is 1.84. The van der Waals surface area contributed by atoms with Crippen molar-refractivity contribution in [3.63, 3.8) is 0 Å². The molecule has 30 heavy (non-hydrogen) atoms. The molecule has 6 heteroatoms. The monoisotopic (exact) mass is 522 g/mol. The molecule has 3 rings (SSSR count). The van der Waals surface area contributed by atoms with Crippen molar-refractivity contribution < 1.29 is 4.74 Å². The molecule has 2 aromatic rings. The van der Waals surface area contributed by atoms with E-state index in [2.05, 4.69) is 75.1 Å². The lowest BCUT2D eigenvalue weighted by Crippen LogP contribution is -2.48. The first-order valence-electron chi connectivity index (χ1n) is 10.7. The summed E-state index contributed by atoms with van der Waals surface area (Å²) in [6.45, 7) is 7.42. The molecule has 0 aromatic heterocycles. The summed E-state index contributed by atoms with van der Waals surface area (Å²) in [5.74, 6) is 0.873. The fraction of sp³-hybridized carbons (Fsp3) is 0.458. The highest BCUT2D eigenvalue weighted by Gasteiger charge is 2.20. The lowest BCUT2D eigenvalue weighted by Gasteiger charge is -2.33. The van der Waals surface area contributed by atoms with Gasteiger partial charge in [0.25, 0.3) is 0 Å². The Hall–Kier alpha value is -1.64. The second kappa shape index (κ2) is 13.6. The molecular formula is C24H35IN4O. The van der Waals surface area contributed by atoms with Crippen molar-refractivity contribution in [2.24, 2.45) is 4.99 Å². The quantitative estimate of drug-likeness (QED) is 0.311. The average Bonchev–Trinajstić information content (AvgIpc) is 2.77. The predicted molar refractivity (Wildman–Crippen MR) is 135 cm³/mol. The maximum Gasteiger partial charge on any atom is 0.191 e. The van der Waals surface area contributed by atoms with Crippen molar-refractivity contribution in [3.05, 3.63) is 71.3 Å². The van der Waals surface area contributed by atoms with Crippen LogP contribution in [0.3, 0.4) is 0 Å². The maximum absolute atomic E-state index is 5.59. The van der Waals surface area contributed by atoms with Gasteiger partial charge in [-0.1, -0.05) is 54.6 Å². The van der Waals surface area contributed by atoms with Gasteiger partial charge < -0.3 is 15.4 Å². The average molecular weight is 522 g/mol. The third-order valence-corrected chi connectivity index (χ3v) is 5.43. The molecule has 5 nitrogen and oxygen atoms in total. The van der Waals surface area contributed by atoms with Gasteiger partial charge in [-0.25, -0.2) is 0 Å². The van der Waals surface area contributed by atoms with E-state index in [9.17, 15) is 0 Å². The molecule has 1 heterocycles. The van der Waals surface area contributed by atoms with E-state index in [4.69, 9.17) is 4.74 Å². The molecule has 0 amide bonds. The smallest absolute Gasteiger partial charge is 0.191 e. The van der Waals surface area contributed by atoms with Crippen LogP contribution in [0, 0.1) is 0 Å². The molecule has 0 spiro atoms. The van der Waals surface area contributed by atoms with Crippen molar-refractivity contribution in [2.75, 3.05) is 26.7 Å². The van der Waals surface area contributed by atoms with E-state index >= 15 is 0 Å². The van der Waals surface area contributed by atoms with Gasteiger partial charge in [-0.2, -0.15) is 0 Å². The van der Waals surface area contributed by atoms with Crippen LogP contribution in [0.25, 0.3) is 0 Å². The number of aliphatic imine (C=N–C) groups is 1. The van der Waals surface area contributed by atoms with Crippen LogP contribution < -0.4 is 10.6 Å². The number of ether oxygens (including phenoxy) is 1. The summed E-state index contributed by atoms with van der Waals surface area (Å²) in [4.78, 5) is 6.96. The number of halogens is 1. The molecule has 1 aliphatic heterocycles. The minimum absolute atomic E-state index is 0. The standard InChI is InChI=1S/C24H34N4O.HI/c1-3-29-19-22-12-8-7-11-21(22)17-26-24(25-2)27-23-13-15-28(16-14-23)18-20-9-5-4-6-10-20;/h4-12,23H,3,13-19H2,1-2H3,(H2,25,26,27);1H. The number of nitrogens with zero attached hydrogens (tertiary/aromatic N) is 2. The Balaban J connectivity index is 0.00000320. The van der Waals surface area contributed by atoms with E-state index in [0.717, 1.165) is 51.6 Å². The van der Waals surface area contributed by atoms with Gasteiger partial charge in [0.2, 0.25) is 0 Å². The number of benzene rings is 2. The van der Waals surface area contributed by atoms with Crippen LogP contribution >= 0.6 is 24.0 Å². The summed E-state index contributed by atoms with van der Waals surface area (Å²) in [6.07, 6.45) is 2.27. The van der Waals surface area contributed by atoms with Crippen molar-refractivity contribution >= 4 is 29.9 Å². The van der Waals surface area contributed by atoms with Gasteiger partial charge >= 0.3 is 0 Å². The van der Waals surface area contributed by atoms with Crippen LogP contribution in [0.2, 0.25) is 0 Å². The van der Waals surface area contributed by atoms with Crippen molar-refractivity contribution in [1.29, 1.82) is 0 Å². The number of likely N-dealkylation sites (tertiary alicyclic amines) is 1. The third kappa shape index (κ3) is 7.89. The van der Waals surface area contributed by atoms with Gasteiger partial charge in [-0.05, 0) is 36.5 Å². The van der Waals surface area contributed by atoms with Crippen LogP contribution in [0.4, 0.5) is 0 Å². The van der Waals surface area contributed by atoms with Gasteiger partial charge in [0, 0.05) is 45.9 Å². The van der Waals surface area contributed by atoms with E-state index < -0.39 is 0 Å². The number of hydrogen-bond donors (Lipinski definition) is 2.